The van der Waals surface area contributed by atoms with Crippen LogP contribution in [0.4, 0.5) is 17.6 Å². The van der Waals surface area contributed by atoms with Gasteiger partial charge in [0.25, 0.3) is 0 Å². The van der Waals surface area contributed by atoms with E-state index in [2.05, 4.69) is 4.98 Å². The number of nitrogens with zero attached hydrogens (tertiary/aromatic N) is 1. The molecular formula is C19H12ClF4NO3S. The van der Waals surface area contributed by atoms with E-state index in [1.807, 2.05) is 0 Å². The quantitative estimate of drug-likeness (QED) is 0.480. The lowest BCUT2D eigenvalue weighted by Gasteiger charge is -2.14. The molecule has 152 valence electrons. The maximum Gasteiger partial charge on any atom is 0.433 e. The average molecular weight is 446 g/mol. The molecule has 1 aliphatic rings. The number of hydrogen-bond acceptors (Lipinski definition) is 5. The molecule has 1 aliphatic heterocycles. The van der Waals surface area contributed by atoms with E-state index >= 15 is 0 Å². The summed E-state index contributed by atoms with van der Waals surface area (Å²) in [6.45, 7) is 1.32. The van der Waals surface area contributed by atoms with Crippen molar-refractivity contribution in [3.8, 4) is 11.6 Å². The Hall–Kier alpha value is -2.39. The highest BCUT2D eigenvalue weighted by Crippen LogP contribution is 2.42. The largest absolute Gasteiger partial charge is 0.479 e. The van der Waals surface area contributed by atoms with Gasteiger partial charge in [-0.1, -0.05) is 11.6 Å². The normalized spacial score (nSPS) is 16.0. The van der Waals surface area contributed by atoms with Crippen LogP contribution in [0.3, 0.4) is 0 Å². The van der Waals surface area contributed by atoms with Crippen molar-refractivity contribution in [1.82, 2.24) is 4.98 Å². The molecule has 3 heterocycles. The lowest BCUT2D eigenvalue weighted by molar-refractivity contribution is -0.141. The summed E-state index contributed by atoms with van der Waals surface area (Å²) in [5.74, 6) is -1.08. The Kier molecular flexibility index (Phi) is 4.90. The number of halogens is 5. The molecule has 3 aromatic rings. The third kappa shape index (κ3) is 3.64. The van der Waals surface area contributed by atoms with E-state index in [9.17, 15) is 22.4 Å². The van der Waals surface area contributed by atoms with Gasteiger partial charge in [0.2, 0.25) is 5.88 Å². The van der Waals surface area contributed by atoms with E-state index in [1.54, 1.807) is 5.38 Å². The molecule has 1 unspecified atom stereocenters. The monoisotopic (exact) mass is 445 g/mol. The van der Waals surface area contributed by atoms with Crippen LogP contribution in [0.15, 0.2) is 23.6 Å². The second-order valence-electron chi connectivity index (χ2n) is 6.52. The van der Waals surface area contributed by atoms with Crippen molar-refractivity contribution in [2.75, 3.05) is 6.61 Å². The van der Waals surface area contributed by atoms with Crippen molar-refractivity contribution in [2.24, 2.45) is 0 Å². The van der Waals surface area contributed by atoms with Crippen LogP contribution in [0.25, 0.3) is 10.1 Å². The van der Waals surface area contributed by atoms with E-state index in [0.717, 1.165) is 17.4 Å². The highest BCUT2D eigenvalue weighted by atomic mass is 35.5. The zero-order valence-corrected chi connectivity index (χ0v) is 16.3. The molecule has 4 nitrogen and oxygen atoms in total. The second-order valence-corrected chi connectivity index (χ2v) is 7.81. The number of alkyl halides is 3. The minimum absolute atomic E-state index is 0.0769. The van der Waals surface area contributed by atoms with Crippen molar-refractivity contribution in [2.45, 2.75) is 25.6 Å². The Balaban J connectivity index is 1.67. The number of carbonyl (C=O) groups is 1. The number of pyridine rings is 1. The van der Waals surface area contributed by atoms with Gasteiger partial charge in [-0.3, -0.25) is 4.79 Å². The summed E-state index contributed by atoms with van der Waals surface area (Å²) in [5, 5.41) is 2.34. The Morgan fingerprint density at radius 2 is 2.17 bits per heavy atom. The molecule has 10 heteroatoms. The predicted molar refractivity (Wildman–Crippen MR) is 99.3 cm³/mol. The lowest BCUT2D eigenvalue weighted by Crippen LogP contribution is -2.10. The molecule has 0 bridgehead atoms. The van der Waals surface area contributed by atoms with Gasteiger partial charge < -0.3 is 9.47 Å². The molecule has 0 N–H and O–H groups in total. The first-order valence-corrected chi connectivity index (χ1v) is 9.66. The second kappa shape index (κ2) is 7.14. The SMILES string of the molecule is CC(=O)Cc1csc2c(F)c(OC3COc4nc(C(F)(F)F)ccc43)cc(Cl)c12. The van der Waals surface area contributed by atoms with E-state index in [0.29, 0.717) is 10.9 Å². The summed E-state index contributed by atoms with van der Waals surface area (Å²) in [4.78, 5) is 14.9. The number of carbonyl (C=O) groups excluding carboxylic acids is 1. The first kappa shape index (κ1) is 19.9. The number of aromatic nitrogens is 1. The summed E-state index contributed by atoms with van der Waals surface area (Å²) in [6, 6.07) is 3.33. The molecule has 1 atom stereocenters. The molecule has 4 rings (SSSR count). The smallest absolute Gasteiger partial charge is 0.433 e. The molecule has 0 radical (unpaired) electrons. The van der Waals surface area contributed by atoms with Crippen LogP contribution >= 0.6 is 22.9 Å². The van der Waals surface area contributed by atoms with Crippen LogP contribution in [-0.4, -0.2) is 17.4 Å². The number of hydrogen-bond donors (Lipinski definition) is 0. The Morgan fingerprint density at radius 3 is 2.86 bits per heavy atom. The number of Topliss-reactive ketones (excluding diaryl/α,β-unsaturated/α-hetero) is 1. The zero-order chi connectivity index (χ0) is 20.9. The lowest BCUT2D eigenvalue weighted by atomic mass is 10.1. The fourth-order valence-electron chi connectivity index (χ4n) is 3.13. The van der Waals surface area contributed by atoms with E-state index in [1.165, 1.54) is 19.1 Å². The summed E-state index contributed by atoms with van der Waals surface area (Å²) >= 11 is 7.40. The predicted octanol–water partition coefficient (Wildman–Crippen LogP) is 5.75. The number of rotatable bonds is 4. The van der Waals surface area contributed by atoms with E-state index < -0.39 is 23.8 Å². The number of fused-ring (bicyclic) bond motifs is 2. The molecule has 0 fully saturated rings. The third-order valence-electron chi connectivity index (χ3n) is 4.39. The van der Waals surface area contributed by atoms with Gasteiger partial charge in [0.1, 0.15) is 18.1 Å². The first-order valence-electron chi connectivity index (χ1n) is 8.40. The van der Waals surface area contributed by atoms with Crippen LogP contribution in [0.5, 0.6) is 11.6 Å². The molecule has 0 amide bonds. The average Bonchev–Trinajstić information content (AvgIpc) is 3.22. The third-order valence-corrected chi connectivity index (χ3v) is 5.71. The Bertz CT molecular complexity index is 1130. The first-order chi connectivity index (χ1) is 13.6. The molecular weight excluding hydrogens is 434 g/mol. The van der Waals surface area contributed by atoms with Crippen LogP contribution in [0.2, 0.25) is 5.02 Å². The number of ketones is 1. The molecule has 2 aromatic heterocycles. The highest BCUT2D eigenvalue weighted by Gasteiger charge is 2.36. The van der Waals surface area contributed by atoms with Crippen molar-refractivity contribution in [3.63, 3.8) is 0 Å². The van der Waals surface area contributed by atoms with Gasteiger partial charge in [0.15, 0.2) is 17.7 Å². The van der Waals surface area contributed by atoms with Crippen molar-refractivity contribution >= 4 is 38.8 Å². The molecule has 0 saturated heterocycles. The van der Waals surface area contributed by atoms with Crippen LogP contribution in [0, 0.1) is 5.82 Å². The van der Waals surface area contributed by atoms with Crippen LogP contribution < -0.4 is 9.47 Å². The van der Waals surface area contributed by atoms with Gasteiger partial charge in [-0.15, -0.1) is 11.3 Å². The van der Waals surface area contributed by atoms with Gasteiger partial charge in [0.05, 0.1) is 15.3 Å². The fourth-order valence-corrected chi connectivity index (χ4v) is 4.52. The molecule has 0 aliphatic carbocycles. The van der Waals surface area contributed by atoms with Crippen molar-refractivity contribution in [1.29, 1.82) is 0 Å². The molecule has 1 aromatic carbocycles. The van der Waals surface area contributed by atoms with Gasteiger partial charge in [-0.25, -0.2) is 9.37 Å². The summed E-state index contributed by atoms with van der Waals surface area (Å²) in [7, 11) is 0. The topological polar surface area (TPSA) is 48.4 Å². The number of thiophene rings is 1. The summed E-state index contributed by atoms with van der Waals surface area (Å²) in [6.07, 6.45) is -5.30. The molecule has 0 spiro atoms. The van der Waals surface area contributed by atoms with E-state index in [4.69, 9.17) is 21.1 Å². The summed E-state index contributed by atoms with van der Waals surface area (Å²) < 4.78 is 64.5. The van der Waals surface area contributed by atoms with Crippen LogP contribution in [0.1, 0.15) is 29.8 Å². The maximum atomic E-state index is 15.0. The van der Waals surface area contributed by atoms with E-state index in [-0.39, 0.29) is 45.7 Å². The maximum absolute atomic E-state index is 15.0. The van der Waals surface area contributed by atoms with Gasteiger partial charge in [0, 0.05) is 17.9 Å². The van der Waals surface area contributed by atoms with Crippen molar-refractivity contribution < 1.29 is 31.8 Å². The Labute approximate surface area is 171 Å². The minimum atomic E-state index is -4.60. The minimum Gasteiger partial charge on any atom is -0.479 e. The molecule has 29 heavy (non-hydrogen) atoms. The highest BCUT2D eigenvalue weighted by molar-refractivity contribution is 7.17. The Morgan fingerprint density at radius 1 is 1.41 bits per heavy atom. The number of ether oxygens (including phenoxy) is 2. The van der Waals surface area contributed by atoms with Crippen LogP contribution in [-0.2, 0) is 17.4 Å². The van der Waals surface area contributed by atoms with Gasteiger partial charge >= 0.3 is 6.18 Å². The van der Waals surface area contributed by atoms with Crippen molar-refractivity contribution in [3.05, 3.63) is 51.2 Å². The van der Waals surface area contributed by atoms with Gasteiger partial charge in [-0.2, -0.15) is 13.2 Å². The summed E-state index contributed by atoms with van der Waals surface area (Å²) in [5.41, 5.74) is -0.160. The number of benzene rings is 1. The molecule has 0 saturated carbocycles. The van der Waals surface area contributed by atoms with Gasteiger partial charge in [-0.05, 0) is 30.0 Å². The zero-order valence-electron chi connectivity index (χ0n) is 14.8. The fraction of sp³-hybridized carbons (Fsp3) is 0.263. The standard InChI is InChI=1S/C19H12ClF4NO3S/c1-8(26)4-9-7-29-17-15(9)11(20)5-12(16(17)21)28-13-6-27-18-10(13)2-3-14(25-18)19(22,23)24/h2-3,5,7,13H,4,6H2,1H3.